The number of hydrogen-bond acceptors (Lipinski definition) is 5. The number of aromatic carboxylic acids is 1. The number of anilines is 1. The first-order chi connectivity index (χ1) is 9.72. The van der Waals surface area contributed by atoms with Gasteiger partial charge in [0, 0.05) is 30.5 Å². The summed E-state index contributed by atoms with van der Waals surface area (Å²) in [5.41, 5.74) is 2.06. The lowest BCUT2D eigenvalue weighted by molar-refractivity contribution is 0.0697. The molecule has 0 aliphatic carbocycles. The first-order valence-electron chi connectivity index (χ1n) is 6.89. The SMILES string of the molecule is O=C(O)c1cc2c(nc1N1CC3COCC3C1)COC2. The van der Waals surface area contributed by atoms with E-state index in [1.165, 1.54) is 0 Å². The molecule has 1 aromatic heterocycles. The van der Waals surface area contributed by atoms with Crippen LogP contribution in [0, 0.1) is 11.8 Å². The Hall–Kier alpha value is -1.66. The maximum atomic E-state index is 11.5. The van der Waals surface area contributed by atoms with Gasteiger partial charge < -0.3 is 19.5 Å². The normalized spacial score (nSPS) is 27.7. The molecule has 1 aromatic rings. The van der Waals surface area contributed by atoms with Gasteiger partial charge in [0.15, 0.2) is 0 Å². The molecule has 6 heteroatoms. The maximum Gasteiger partial charge on any atom is 0.339 e. The second-order valence-electron chi connectivity index (χ2n) is 5.73. The largest absolute Gasteiger partial charge is 0.478 e. The fourth-order valence-corrected chi connectivity index (χ4v) is 3.35. The number of carboxylic acids is 1. The highest BCUT2D eigenvalue weighted by molar-refractivity contribution is 5.93. The maximum absolute atomic E-state index is 11.5. The Labute approximate surface area is 116 Å². The van der Waals surface area contributed by atoms with Gasteiger partial charge in [-0.2, -0.15) is 0 Å². The zero-order valence-corrected chi connectivity index (χ0v) is 11.0. The van der Waals surface area contributed by atoms with E-state index in [-0.39, 0.29) is 5.56 Å². The highest BCUT2D eigenvalue weighted by Crippen LogP contribution is 2.34. The van der Waals surface area contributed by atoms with E-state index in [0.717, 1.165) is 37.6 Å². The summed E-state index contributed by atoms with van der Waals surface area (Å²) in [6.07, 6.45) is 0. The molecule has 2 unspecified atom stereocenters. The van der Waals surface area contributed by atoms with E-state index in [1.807, 2.05) is 0 Å². The summed E-state index contributed by atoms with van der Waals surface area (Å²) in [5, 5.41) is 9.43. The van der Waals surface area contributed by atoms with E-state index in [9.17, 15) is 9.90 Å². The molecule has 0 bridgehead atoms. The number of fused-ring (bicyclic) bond motifs is 2. The van der Waals surface area contributed by atoms with Gasteiger partial charge in [0.25, 0.3) is 0 Å². The third kappa shape index (κ3) is 1.79. The third-order valence-electron chi connectivity index (χ3n) is 4.44. The number of rotatable bonds is 2. The van der Waals surface area contributed by atoms with Crippen LogP contribution in [0.5, 0.6) is 0 Å². The van der Waals surface area contributed by atoms with Crippen molar-refractivity contribution in [3.8, 4) is 0 Å². The van der Waals surface area contributed by atoms with Gasteiger partial charge in [-0.3, -0.25) is 0 Å². The molecule has 20 heavy (non-hydrogen) atoms. The first kappa shape index (κ1) is 12.1. The van der Waals surface area contributed by atoms with Crippen LogP contribution in [0.15, 0.2) is 6.07 Å². The highest BCUT2D eigenvalue weighted by atomic mass is 16.5. The number of pyridine rings is 1. The van der Waals surface area contributed by atoms with Crippen molar-refractivity contribution in [2.75, 3.05) is 31.2 Å². The van der Waals surface area contributed by atoms with E-state index in [4.69, 9.17) is 9.47 Å². The van der Waals surface area contributed by atoms with E-state index in [2.05, 4.69) is 9.88 Å². The van der Waals surface area contributed by atoms with E-state index in [1.54, 1.807) is 6.07 Å². The van der Waals surface area contributed by atoms with Crippen LogP contribution in [0.3, 0.4) is 0 Å². The summed E-state index contributed by atoms with van der Waals surface area (Å²) in [6, 6.07) is 1.72. The number of nitrogens with zero attached hydrogens (tertiary/aromatic N) is 2. The molecular formula is C14H16N2O4. The van der Waals surface area contributed by atoms with Crippen LogP contribution in [0.25, 0.3) is 0 Å². The average molecular weight is 276 g/mol. The Bertz CT molecular complexity index is 563. The van der Waals surface area contributed by atoms with Crippen molar-refractivity contribution in [1.82, 2.24) is 4.98 Å². The molecule has 6 nitrogen and oxygen atoms in total. The summed E-state index contributed by atoms with van der Waals surface area (Å²) in [4.78, 5) is 18.2. The lowest BCUT2D eigenvalue weighted by atomic mass is 10.0. The van der Waals surface area contributed by atoms with Crippen LogP contribution in [0.2, 0.25) is 0 Å². The molecule has 2 saturated heterocycles. The molecule has 2 atom stereocenters. The van der Waals surface area contributed by atoms with Crippen molar-refractivity contribution in [2.24, 2.45) is 11.8 Å². The predicted octanol–water partition coefficient (Wildman–Crippen LogP) is 0.893. The van der Waals surface area contributed by atoms with Crippen molar-refractivity contribution >= 4 is 11.8 Å². The Morgan fingerprint density at radius 1 is 1.25 bits per heavy atom. The minimum atomic E-state index is -0.921. The van der Waals surface area contributed by atoms with Gasteiger partial charge in [0.1, 0.15) is 11.4 Å². The molecular weight excluding hydrogens is 260 g/mol. The van der Waals surface area contributed by atoms with Crippen LogP contribution in [0.4, 0.5) is 5.82 Å². The number of aromatic nitrogens is 1. The van der Waals surface area contributed by atoms with Crippen LogP contribution in [0.1, 0.15) is 21.6 Å². The second kappa shape index (κ2) is 4.43. The Morgan fingerprint density at radius 3 is 2.70 bits per heavy atom. The molecule has 106 valence electrons. The van der Waals surface area contributed by atoms with E-state index in [0.29, 0.717) is 30.9 Å². The molecule has 0 radical (unpaired) electrons. The molecule has 4 rings (SSSR count). The molecule has 4 heterocycles. The smallest absolute Gasteiger partial charge is 0.339 e. The van der Waals surface area contributed by atoms with Crippen molar-refractivity contribution in [1.29, 1.82) is 0 Å². The van der Waals surface area contributed by atoms with Crippen molar-refractivity contribution < 1.29 is 19.4 Å². The number of carboxylic acid groups (broad SMARTS) is 1. The molecule has 3 aliphatic rings. The van der Waals surface area contributed by atoms with Crippen molar-refractivity contribution in [3.05, 3.63) is 22.9 Å². The fourth-order valence-electron chi connectivity index (χ4n) is 3.35. The summed E-state index contributed by atoms with van der Waals surface area (Å²) in [7, 11) is 0. The summed E-state index contributed by atoms with van der Waals surface area (Å²) in [5.74, 6) is 0.678. The van der Waals surface area contributed by atoms with Gasteiger partial charge in [0.2, 0.25) is 0 Å². The second-order valence-corrected chi connectivity index (χ2v) is 5.73. The zero-order valence-electron chi connectivity index (χ0n) is 11.0. The molecule has 1 N–H and O–H groups in total. The molecule has 0 spiro atoms. The topological polar surface area (TPSA) is 71.9 Å². The summed E-state index contributed by atoms with van der Waals surface area (Å²) in [6.45, 7) is 4.15. The fraction of sp³-hybridized carbons (Fsp3) is 0.571. The predicted molar refractivity (Wildman–Crippen MR) is 69.7 cm³/mol. The number of hydrogen-bond donors (Lipinski definition) is 1. The third-order valence-corrected chi connectivity index (χ3v) is 4.44. The van der Waals surface area contributed by atoms with Crippen molar-refractivity contribution in [3.63, 3.8) is 0 Å². The lowest BCUT2D eigenvalue weighted by Crippen LogP contribution is -2.26. The zero-order chi connectivity index (χ0) is 13.7. The highest BCUT2D eigenvalue weighted by Gasteiger charge is 2.39. The van der Waals surface area contributed by atoms with Gasteiger partial charge in [-0.15, -0.1) is 0 Å². The molecule has 0 amide bonds. The monoisotopic (exact) mass is 276 g/mol. The first-order valence-corrected chi connectivity index (χ1v) is 6.89. The van der Waals surface area contributed by atoms with Crippen molar-refractivity contribution in [2.45, 2.75) is 13.2 Å². The van der Waals surface area contributed by atoms with Crippen LogP contribution in [-0.4, -0.2) is 42.4 Å². The molecule has 0 aromatic carbocycles. The summed E-state index contributed by atoms with van der Waals surface area (Å²) >= 11 is 0. The molecule has 2 fully saturated rings. The quantitative estimate of drug-likeness (QED) is 0.865. The minimum Gasteiger partial charge on any atom is -0.478 e. The van der Waals surface area contributed by atoms with Gasteiger partial charge in [0.05, 0.1) is 32.1 Å². The lowest BCUT2D eigenvalue weighted by Gasteiger charge is -2.21. The number of carbonyl (C=O) groups is 1. The Balaban J connectivity index is 1.72. The van der Waals surface area contributed by atoms with Crippen LogP contribution >= 0.6 is 0 Å². The van der Waals surface area contributed by atoms with E-state index < -0.39 is 5.97 Å². The van der Waals surface area contributed by atoms with Gasteiger partial charge in [-0.25, -0.2) is 9.78 Å². The molecule has 0 saturated carbocycles. The molecule has 3 aliphatic heterocycles. The Morgan fingerprint density at radius 2 is 2.00 bits per heavy atom. The van der Waals surface area contributed by atoms with Crippen LogP contribution in [-0.2, 0) is 22.7 Å². The Kier molecular flexibility index (Phi) is 2.68. The minimum absolute atomic E-state index is 0.287. The summed E-state index contributed by atoms with van der Waals surface area (Å²) < 4.78 is 10.8. The van der Waals surface area contributed by atoms with Gasteiger partial charge in [-0.05, 0) is 6.07 Å². The van der Waals surface area contributed by atoms with Crippen LogP contribution < -0.4 is 4.90 Å². The average Bonchev–Trinajstić information content (AvgIpc) is 3.11. The van der Waals surface area contributed by atoms with Gasteiger partial charge >= 0.3 is 5.97 Å². The number of ether oxygens (including phenoxy) is 2. The standard InChI is InChI=1S/C14H16N2O4/c17-14(18)11-1-8-4-20-7-12(8)15-13(11)16-2-9-5-19-6-10(9)3-16/h1,9-10H,2-7H2,(H,17,18). The van der Waals surface area contributed by atoms with Gasteiger partial charge in [-0.1, -0.05) is 0 Å². The van der Waals surface area contributed by atoms with E-state index >= 15 is 0 Å².